The molecule has 1 N–H and O–H groups in total. The highest BCUT2D eigenvalue weighted by atomic mass is 19.4. The van der Waals surface area contributed by atoms with E-state index in [4.69, 9.17) is 0 Å². The molecule has 2 heterocycles. The molecule has 28 heavy (non-hydrogen) atoms. The zero-order valence-corrected chi connectivity index (χ0v) is 14.0. The standard InChI is InChI=1S/C18H12F5N3O2/c19-17(20)28-12-7-10-4-5-14(26-15(10)13(8-12)18(21,22)23)16(27)25-9-11-3-1-2-6-24-11/h1-8,17H,9H2,(H,25,27). The fourth-order valence-corrected chi connectivity index (χ4v) is 2.49. The van der Waals surface area contributed by atoms with Crippen LogP contribution in [0.5, 0.6) is 5.75 Å². The number of halogens is 5. The molecule has 146 valence electrons. The van der Waals surface area contributed by atoms with Crippen LogP contribution in [-0.2, 0) is 12.7 Å². The van der Waals surface area contributed by atoms with Gasteiger partial charge in [-0.3, -0.25) is 9.78 Å². The number of amides is 1. The van der Waals surface area contributed by atoms with Gasteiger partial charge in [-0.1, -0.05) is 12.1 Å². The Labute approximate surface area is 155 Å². The van der Waals surface area contributed by atoms with Crippen LogP contribution in [0.3, 0.4) is 0 Å². The minimum Gasteiger partial charge on any atom is -0.435 e. The van der Waals surface area contributed by atoms with Crippen LogP contribution in [0, 0.1) is 0 Å². The fraction of sp³-hybridized carbons (Fsp3) is 0.167. The van der Waals surface area contributed by atoms with Crippen LogP contribution < -0.4 is 10.1 Å². The monoisotopic (exact) mass is 397 g/mol. The molecule has 0 spiro atoms. The molecule has 0 fully saturated rings. The lowest BCUT2D eigenvalue weighted by Gasteiger charge is -2.14. The van der Waals surface area contributed by atoms with Gasteiger partial charge in [0, 0.05) is 11.6 Å². The number of fused-ring (bicyclic) bond motifs is 1. The minimum atomic E-state index is -4.88. The molecule has 1 aromatic carbocycles. The van der Waals surface area contributed by atoms with Gasteiger partial charge in [0.2, 0.25) is 0 Å². The Morgan fingerprint density at radius 3 is 2.57 bits per heavy atom. The van der Waals surface area contributed by atoms with Crippen LogP contribution in [0.25, 0.3) is 10.9 Å². The van der Waals surface area contributed by atoms with Crippen LogP contribution in [0.4, 0.5) is 22.0 Å². The summed E-state index contributed by atoms with van der Waals surface area (Å²) < 4.78 is 68.8. The average Bonchev–Trinajstić information content (AvgIpc) is 2.64. The zero-order valence-electron chi connectivity index (χ0n) is 14.0. The SMILES string of the molecule is O=C(NCc1ccccn1)c1ccc2cc(OC(F)F)cc(C(F)(F)F)c2n1. The molecular weight excluding hydrogens is 385 g/mol. The summed E-state index contributed by atoms with van der Waals surface area (Å²) in [5.74, 6) is -1.35. The van der Waals surface area contributed by atoms with E-state index in [-0.39, 0.29) is 17.6 Å². The molecule has 0 atom stereocenters. The van der Waals surface area contributed by atoms with Gasteiger partial charge in [0.05, 0.1) is 23.3 Å². The predicted octanol–water partition coefficient (Wildman–Crippen LogP) is 4.18. The molecule has 0 saturated carbocycles. The van der Waals surface area contributed by atoms with Crippen molar-refractivity contribution in [2.24, 2.45) is 0 Å². The van der Waals surface area contributed by atoms with Gasteiger partial charge in [-0.15, -0.1) is 0 Å². The summed E-state index contributed by atoms with van der Waals surface area (Å²) in [6, 6.07) is 8.89. The summed E-state index contributed by atoms with van der Waals surface area (Å²) in [4.78, 5) is 20.0. The van der Waals surface area contributed by atoms with Gasteiger partial charge in [0.1, 0.15) is 11.4 Å². The maximum absolute atomic E-state index is 13.3. The van der Waals surface area contributed by atoms with Gasteiger partial charge >= 0.3 is 12.8 Å². The summed E-state index contributed by atoms with van der Waals surface area (Å²) in [7, 11) is 0. The van der Waals surface area contributed by atoms with E-state index >= 15 is 0 Å². The first-order valence-corrected chi connectivity index (χ1v) is 7.89. The Morgan fingerprint density at radius 2 is 1.93 bits per heavy atom. The molecule has 3 rings (SSSR count). The van der Waals surface area contributed by atoms with Crippen molar-refractivity contribution in [3.63, 3.8) is 0 Å². The molecule has 1 amide bonds. The molecule has 0 bridgehead atoms. The van der Waals surface area contributed by atoms with Crippen LogP contribution in [0.1, 0.15) is 21.7 Å². The maximum atomic E-state index is 13.3. The largest absolute Gasteiger partial charge is 0.435 e. The summed E-state index contributed by atoms with van der Waals surface area (Å²) in [6.07, 6.45) is -3.35. The van der Waals surface area contributed by atoms with Crippen molar-refractivity contribution in [3.8, 4) is 5.75 Å². The lowest BCUT2D eigenvalue weighted by Crippen LogP contribution is -2.24. The molecule has 0 saturated heterocycles. The van der Waals surface area contributed by atoms with E-state index in [0.29, 0.717) is 11.8 Å². The number of carbonyl (C=O) groups excluding carboxylic acids is 1. The molecular formula is C18H12F5N3O2. The van der Waals surface area contributed by atoms with Crippen molar-refractivity contribution in [3.05, 3.63) is 65.6 Å². The molecule has 0 radical (unpaired) electrons. The molecule has 0 unspecified atom stereocenters. The highest BCUT2D eigenvalue weighted by Crippen LogP contribution is 2.37. The first-order valence-electron chi connectivity index (χ1n) is 7.89. The molecule has 5 nitrogen and oxygen atoms in total. The quantitative estimate of drug-likeness (QED) is 0.656. The normalized spacial score (nSPS) is 11.6. The van der Waals surface area contributed by atoms with Crippen molar-refractivity contribution >= 4 is 16.8 Å². The highest BCUT2D eigenvalue weighted by molar-refractivity contribution is 5.95. The van der Waals surface area contributed by atoms with E-state index in [9.17, 15) is 26.7 Å². The number of benzene rings is 1. The zero-order chi connectivity index (χ0) is 20.3. The number of pyridine rings is 2. The van der Waals surface area contributed by atoms with E-state index in [1.807, 2.05) is 0 Å². The fourth-order valence-electron chi connectivity index (χ4n) is 2.49. The third-order valence-electron chi connectivity index (χ3n) is 3.69. The van der Waals surface area contributed by atoms with Crippen molar-refractivity contribution < 1.29 is 31.5 Å². The number of carbonyl (C=O) groups is 1. The van der Waals surface area contributed by atoms with Gasteiger partial charge in [-0.25, -0.2) is 4.98 Å². The number of nitrogens with zero attached hydrogens (tertiary/aromatic N) is 2. The Bertz CT molecular complexity index is 994. The predicted molar refractivity (Wildman–Crippen MR) is 88.8 cm³/mol. The number of hydrogen-bond donors (Lipinski definition) is 1. The summed E-state index contributed by atoms with van der Waals surface area (Å²) in [5, 5.41) is 2.42. The first-order chi connectivity index (χ1) is 13.2. The van der Waals surface area contributed by atoms with Crippen LogP contribution >= 0.6 is 0 Å². The van der Waals surface area contributed by atoms with Gasteiger partial charge in [-0.05, 0) is 30.3 Å². The number of ether oxygens (including phenoxy) is 1. The van der Waals surface area contributed by atoms with E-state index in [2.05, 4.69) is 20.0 Å². The molecule has 0 aliphatic carbocycles. The van der Waals surface area contributed by atoms with Crippen LogP contribution in [0.15, 0.2) is 48.7 Å². The second-order valence-electron chi connectivity index (χ2n) is 5.62. The third kappa shape index (κ3) is 4.51. The van der Waals surface area contributed by atoms with Gasteiger partial charge in [0.25, 0.3) is 5.91 Å². The summed E-state index contributed by atoms with van der Waals surface area (Å²) in [5.41, 5.74) is -1.52. The number of hydrogen-bond acceptors (Lipinski definition) is 4. The summed E-state index contributed by atoms with van der Waals surface area (Å²) in [6.45, 7) is -3.21. The first kappa shape index (κ1) is 19.5. The number of alkyl halides is 5. The second kappa shape index (κ2) is 7.75. The maximum Gasteiger partial charge on any atom is 0.418 e. The Kier molecular flexibility index (Phi) is 5.39. The number of nitrogens with one attached hydrogen (secondary N) is 1. The number of rotatable bonds is 5. The van der Waals surface area contributed by atoms with Crippen molar-refractivity contribution in [2.45, 2.75) is 19.3 Å². The Hall–Kier alpha value is -3.30. The lowest BCUT2D eigenvalue weighted by atomic mass is 10.1. The van der Waals surface area contributed by atoms with E-state index in [1.54, 1.807) is 18.2 Å². The molecule has 2 aromatic heterocycles. The minimum absolute atomic E-state index is 0.0622. The Balaban J connectivity index is 1.94. The highest BCUT2D eigenvalue weighted by Gasteiger charge is 2.34. The van der Waals surface area contributed by atoms with Crippen LogP contribution in [0.2, 0.25) is 0 Å². The van der Waals surface area contributed by atoms with E-state index in [0.717, 1.165) is 6.07 Å². The molecule has 0 aliphatic rings. The molecule has 10 heteroatoms. The smallest absolute Gasteiger partial charge is 0.418 e. The van der Waals surface area contributed by atoms with E-state index < -0.39 is 35.5 Å². The van der Waals surface area contributed by atoms with Crippen LogP contribution in [-0.4, -0.2) is 22.5 Å². The second-order valence-corrected chi connectivity index (χ2v) is 5.62. The molecule has 3 aromatic rings. The van der Waals surface area contributed by atoms with Crippen molar-refractivity contribution in [1.29, 1.82) is 0 Å². The Morgan fingerprint density at radius 1 is 1.14 bits per heavy atom. The third-order valence-corrected chi connectivity index (χ3v) is 3.69. The number of aromatic nitrogens is 2. The lowest BCUT2D eigenvalue weighted by molar-refractivity contribution is -0.136. The summed E-state index contributed by atoms with van der Waals surface area (Å²) >= 11 is 0. The topological polar surface area (TPSA) is 64.1 Å². The van der Waals surface area contributed by atoms with Gasteiger partial charge in [0.15, 0.2) is 0 Å². The van der Waals surface area contributed by atoms with Crippen molar-refractivity contribution in [2.75, 3.05) is 0 Å². The van der Waals surface area contributed by atoms with Gasteiger partial charge in [-0.2, -0.15) is 22.0 Å². The van der Waals surface area contributed by atoms with Crippen molar-refractivity contribution in [1.82, 2.24) is 15.3 Å². The van der Waals surface area contributed by atoms with Gasteiger partial charge < -0.3 is 10.1 Å². The van der Waals surface area contributed by atoms with E-state index in [1.165, 1.54) is 18.3 Å². The average molecular weight is 397 g/mol. The molecule has 0 aliphatic heterocycles.